The molecule has 0 spiro atoms. The third kappa shape index (κ3) is 4.18. The van der Waals surface area contributed by atoms with Gasteiger partial charge in [0.25, 0.3) is 0 Å². The lowest BCUT2D eigenvalue weighted by atomic mass is 9.87. The van der Waals surface area contributed by atoms with E-state index in [0.29, 0.717) is 23.3 Å². The van der Waals surface area contributed by atoms with Crippen LogP contribution in [0.5, 0.6) is 0 Å². The van der Waals surface area contributed by atoms with Gasteiger partial charge in [-0.15, -0.1) is 0 Å². The van der Waals surface area contributed by atoms with Gasteiger partial charge in [0.05, 0.1) is 23.4 Å². The maximum absolute atomic E-state index is 10.0. The van der Waals surface area contributed by atoms with Crippen molar-refractivity contribution in [2.24, 2.45) is 5.92 Å². The Kier molecular flexibility index (Phi) is 5.92. The van der Waals surface area contributed by atoms with Gasteiger partial charge in [-0.3, -0.25) is 4.40 Å². The zero-order valence-electron chi connectivity index (χ0n) is 16.3. The molecular weight excluding hydrogens is 386 g/mol. The number of aromatic amines is 1. The number of nitrogens with zero attached hydrogens (tertiary/aromatic N) is 3. The van der Waals surface area contributed by atoms with Crippen LogP contribution in [0.15, 0.2) is 48.9 Å². The third-order valence-corrected chi connectivity index (χ3v) is 5.69. The van der Waals surface area contributed by atoms with Crippen molar-refractivity contribution in [1.82, 2.24) is 24.7 Å². The summed E-state index contributed by atoms with van der Waals surface area (Å²) in [6, 6.07) is 9.36. The van der Waals surface area contributed by atoms with Gasteiger partial charge in [-0.2, -0.15) is 0 Å². The molecule has 7 heteroatoms. The molecule has 2 atom stereocenters. The molecule has 150 valence electrons. The smallest absolute Gasteiger partial charge is 0.154 e. The van der Waals surface area contributed by atoms with Crippen LogP contribution < -0.4 is 5.32 Å². The summed E-state index contributed by atoms with van der Waals surface area (Å²) < 4.78 is 2.24. The lowest BCUT2D eigenvalue weighted by Crippen LogP contribution is -2.34. The summed E-state index contributed by atoms with van der Waals surface area (Å²) in [7, 11) is 0. The van der Waals surface area contributed by atoms with Crippen molar-refractivity contribution in [1.29, 1.82) is 0 Å². The van der Waals surface area contributed by atoms with Crippen molar-refractivity contribution in [2.45, 2.75) is 25.7 Å². The second-order valence-corrected chi connectivity index (χ2v) is 7.86. The lowest BCUT2D eigenvalue weighted by Gasteiger charge is -2.28. The fourth-order valence-electron chi connectivity index (χ4n) is 3.86. The van der Waals surface area contributed by atoms with Gasteiger partial charge in [-0.1, -0.05) is 30.7 Å². The van der Waals surface area contributed by atoms with Crippen molar-refractivity contribution in [3.05, 3.63) is 65.3 Å². The Morgan fingerprint density at radius 2 is 2.14 bits per heavy atom. The van der Waals surface area contributed by atoms with Crippen LogP contribution in [0.1, 0.15) is 30.7 Å². The molecule has 5 rings (SSSR count). The van der Waals surface area contributed by atoms with E-state index in [1.165, 1.54) is 6.42 Å². The quantitative estimate of drug-likeness (QED) is 0.501. The number of fused-ring (bicyclic) bond motifs is 3. The van der Waals surface area contributed by atoms with Crippen molar-refractivity contribution in [2.75, 3.05) is 13.1 Å². The van der Waals surface area contributed by atoms with E-state index in [0.717, 1.165) is 47.4 Å². The number of nitrogens with one attached hydrogen (secondary N) is 2. The highest BCUT2D eigenvalue weighted by Crippen LogP contribution is 2.29. The Balaban J connectivity index is 0.000000174. The number of rotatable bonds is 3. The molecule has 29 heavy (non-hydrogen) atoms. The van der Waals surface area contributed by atoms with Crippen LogP contribution in [0.2, 0.25) is 5.02 Å². The summed E-state index contributed by atoms with van der Waals surface area (Å²) in [5.41, 5.74) is 4.06. The van der Waals surface area contributed by atoms with Crippen LogP contribution in [-0.2, 0) is 11.2 Å². The largest absolute Gasteiger partial charge is 0.345 e. The predicted octanol–water partition coefficient (Wildman–Crippen LogP) is 4.01. The average Bonchev–Trinajstić information content (AvgIpc) is 3.35. The molecule has 1 fully saturated rings. The van der Waals surface area contributed by atoms with E-state index >= 15 is 0 Å². The summed E-state index contributed by atoms with van der Waals surface area (Å²) in [5.74, 6) is 2.28. The van der Waals surface area contributed by atoms with Crippen LogP contribution in [0.4, 0.5) is 0 Å². The minimum atomic E-state index is 0.445. The first-order valence-corrected chi connectivity index (χ1v) is 10.2. The molecule has 0 radical (unpaired) electrons. The minimum Gasteiger partial charge on any atom is -0.345 e. The Hall–Kier alpha value is -2.70. The van der Waals surface area contributed by atoms with Crippen molar-refractivity contribution >= 4 is 34.6 Å². The van der Waals surface area contributed by atoms with E-state index in [4.69, 9.17) is 11.6 Å². The summed E-state index contributed by atoms with van der Waals surface area (Å²) in [4.78, 5) is 22.3. The van der Waals surface area contributed by atoms with Crippen LogP contribution in [0.25, 0.3) is 16.7 Å². The molecule has 1 saturated heterocycles. The number of aromatic nitrogens is 4. The van der Waals surface area contributed by atoms with E-state index in [1.807, 2.05) is 30.7 Å². The first kappa shape index (κ1) is 19.6. The summed E-state index contributed by atoms with van der Waals surface area (Å²) >= 11 is 5.66. The standard InChI is InChI=1S/C14H17N5.C8H7ClO/c1-9-2-4-15-8-11(9)14-18-7-10-6-17-13-12(19(10)14)3-5-16-13;9-8-3-1-2-7(6-8)4-5-10/h3,5-7,9,11,15-16H,2,4,8H2,1H3;1-3,5-6H,4H2/t9-,11+;/m1./s1. The molecule has 1 aliphatic heterocycles. The monoisotopic (exact) mass is 409 g/mol. The van der Waals surface area contributed by atoms with Gasteiger partial charge in [-0.05, 0) is 42.6 Å². The van der Waals surface area contributed by atoms with Crippen LogP contribution in [0, 0.1) is 5.92 Å². The molecule has 2 N–H and O–H groups in total. The molecule has 0 bridgehead atoms. The molecule has 1 aromatic carbocycles. The van der Waals surface area contributed by atoms with E-state index in [9.17, 15) is 4.79 Å². The highest BCUT2D eigenvalue weighted by molar-refractivity contribution is 6.30. The van der Waals surface area contributed by atoms with Crippen molar-refractivity contribution < 1.29 is 4.79 Å². The number of halogens is 1. The normalized spacial score (nSPS) is 19.1. The van der Waals surface area contributed by atoms with Crippen molar-refractivity contribution in [3.63, 3.8) is 0 Å². The third-order valence-electron chi connectivity index (χ3n) is 5.45. The molecular formula is C22H24ClN5O. The maximum atomic E-state index is 10.0. The topological polar surface area (TPSA) is 75.1 Å². The number of aldehydes is 1. The minimum absolute atomic E-state index is 0.445. The number of hydrogen-bond acceptors (Lipinski definition) is 4. The molecule has 4 heterocycles. The Labute approximate surface area is 174 Å². The second kappa shape index (κ2) is 8.76. The summed E-state index contributed by atoms with van der Waals surface area (Å²) in [5, 5.41) is 4.16. The van der Waals surface area contributed by atoms with E-state index in [-0.39, 0.29) is 0 Å². The maximum Gasteiger partial charge on any atom is 0.154 e. The molecule has 6 nitrogen and oxygen atoms in total. The predicted molar refractivity (Wildman–Crippen MR) is 115 cm³/mol. The first-order valence-electron chi connectivity index (χ1n) is 9.85. The Morgan fingerprint density at radius 1 is 1.28 bits per heavy atom. The van der Waals surface area contributed by atoms with E-state index < -0.39 is 0 Å². The fraction of sp³-hybridized carbons (Fsp3) is 0.318. The van der Waals surface area contributed by atoms with Crippen molar-refractivity contribution in [3.8, 4) is 0 Å². The summed E-state index contributed by atoms with van der Waals surface area (Å²) in [6.45, 7) is 4.44. The molecule has 3 aromatic heterocycles. The van der Waals surface area contributed by atoms with E-state index in [1.54, 1.807) is 12.1 Å². The number of carbonyl (C=O) groups excluding carboxylic acids is 1. The van der Waals surface area contributed by atoms with Crippen LogP contribution in [0.3, 0.4) is 0 Å². The van der Waals surface area contributed by atoms with E-state index in [2.05, 4.69) is 37.7 Å². The van der Waals surface area contributed by atoms with Gasteiger partial charge in [0.15, 0.2) is 5.65 Å². The lowest BCUT2D eigenvalue weighted by molar-refractivity contribution is -0.107. The molecule has 0 aliphatic carbocycles. The zero-order chi connectivity index (χ0) is 20.2. The average molecular weight is 410 g/mol. The van der Waals surface area contributed by atoms with Gasteiger partial charge < -0.3 is 15.1 Å². The van der Waals surface area contributed by atoms with Gasteiger partial charge >= 0.3 is 0 Å². The number of benzene rings is 1. The molecule has 0 unspecified atom stereocenters. The van der Waals surface area contributed by atoms with Gasteiger partial charge in [0, 0.05) is 30.1 Å². The first-order chi connectivity index (χ1) is 14.2. The van der Waals surface area contributed by atoms with Crippen LogP contribution >= 0.6 is 11.6 Å². The zero-order valence-corrected chi connectivity index (χ0v) is 17.1. The highest BCUT2D eigenvalue weighted by Gasteiger charge is 2.26. The van der Waals surface area contributed by atoms with Gasteiger partial charge in [-0.25, -0.2) is 9.97 Å². The number of hydrogen-bond donors (Lipinski definition) is 2. The number of imidazole rings is 1. The summed E-state index contributed by atoms with van der Waals surface area (Å²) in [6.07, 6.45) is 8.27. The molecule has 4 aromatic rings. The van der Waals surface area contributed by atoms with Gasteiger partial charge in [0.1, 0.15) is 12.1 Å². The fourth-order valence-corrected chi connectivity index (χ4v) is 4.07. The van der Waals surface area contributed by atoms with Gasteiger partial charge in [0.2, 0.25) is 0 Å². The number of carbonyl (C=O) groups is 1. The molecule has 0 amide bonds. The number of piperidine rings is 1. The molecule has 1 aliphatic rings. The SMILES string of the molecule is C[C@@H]1CCNC[C@@H]1c1ncc2cnc3[nH]ccc3n12.O=CCc1cccc(Cl)c1. The number of H-pyrrole nitrogens is 1. The van der Waals surface area contributed by atoms with Crippen LogP contribution in [-0.4, -0.2) is 38.7 Å². The highest BCUT2D eigenvalue weighted by atomic mass is 35.5. The second-order valence-electron chi connectivity index (χ2n) is 7.42. The Morgan fingerprint density at radius 3 is 2.93 bits per heavy atom. The molecule has 0 saturated carbocycles. The Bertz CT molecular complexity index is 1120.